The quantitative estimate of drug-likeness (QED) is 0.788. The van der Waals surface area contributed by atoms with E-state index in [0.29, 0.717) is 9.24 Å². The van der Waals surface area contributed by atoms with Crippen molar-refractivity contribution in [1.29, 1.82) is 0 Å². The van der Waals surface area contributed by atoms with Crippen molar-refractivity contribution in [2.75, 3.05) is 0 Å². The van der Waals surface area contributed by atoms with E-state index in [4.69, 9.17) is 12.2 Å². The number of benzene rings is 1. The van der Waals surface area contributed by atoms with Gasteiger partial charge in [-0.1, -0.05) is 0 Å². The molecule has 1 heterocycles. The van der Waals surface area contributed by atoms with E-state index >= 15 is 0 Å². The van der Waals surface area contributed by atoms with Gasteiger partial charge in [0.05, 0.1) is 10.2 Å². The number of hydrogen-bond donors (Lipinski definition) is 1. The molecule has 0 bridgehead atoms. The van der Waals surface area contributed by atoms with Crippen LogP contribution in [0, 0.1) is 24.4 Å². The van der Waals surface area contributed by atoms with Gasteiger partial charge >= 0.3 is 0 Å². The molecule has 0 saturated carbocycles. The van der Waals surface area contributed by atoms with Crippen molar-refractivity contribution in [3.63, 3.8) is 0 Å². The summed E-state index contributed by atoms with van der Waals surface area (Å²) in [5.41, 5.74) is 2.73. The lowest BCUT2D eigenvalue weighted by molar-refractivity contribution is 0.619. The zero-order valence-corrected chi connectivity index (χ0v) is 11.2. The van der Waals surface area contributed by atoms with E-state index in [2.05, 4.69) is 20.9 Å². The molecule has 2 nitrogen and oxygen atoms in total. The third-order valence-corrected chi connectivity index (χ3v) is 3.35. The lowest BCUT2D eigenvalue weighted by Gasteiger charge is -2.10. The summed E-state index contributed by atoms with van der Waals surface area (Å²) in [6.07, 6.45) is 1.83. The van der Waals surface area contributed by atoms with E-state index in [1.54, 1.807) is 6.07 Å². The second-order valence-electron chi connectivity index (χ2n) is 3.62. The zero-order valence-electron chi connectivity index (χ0n) is 8.84. The first kappa shape index (κ1) is 11.5. The number of hydrogen-bond acceptors (Lipinski definition) is 1. The van der Waals surface area contributed by atoms with Crippen LogP contribution in [0.4, 0.5) is 4.39 Å². The molecule has 0 amide bonds. The molecule has 1 aromatic heterocycles. The number of rotatable bonds is 1. The fourth-order valence-electron chi connectivity index (χ4n) is 1.63. The molecule has 0 atom stereocenters. The minimum atomic E-state index is -0.263. The number of imidazole rings is 1. The average molecular weight is 301 g/mol. The van der Waals surface area contributed by atoms with E-state index in [0.717, 1.165) is 16.9 Å². The molecule has 0 spiro atoms. The molecule has 0 aliphatic rings. The van der Waals surface area contributed by atoms with Gasteiger partial charge in [0.2, 0.25) is 0 Å². The van der Waals surface area contributed by atoms with Crippen molar-refractivity contribution in [3.8, 4) is 5.69 Å². The van der Waals surface area contributed by atoms with Crippen LogP contribution in [-0.2, 0) is 0 Å². The van der Waals surface area contributed by atoms with Crippen LogP contribution in [0.1, 0.15) is 11.3 Å². The molecule has 0 radical (unpaired) electrons. The first-order valence-corrected chi connectivity index (χ1v) is 5.94. The second kappa shape index (κ2) is 4.14. The molecule has 0 unspecified atom stereocenters. The van der Waals surface area contributed by atoms with Crippen LogP contribution >= 0.6 is 28.1 Å². The summed E-state index contributed by atoms with van der Waals surface area (Å²) in [6, 6.07) is 3.23. The molecule has 0 aliphatic heterocycles. The number of nitrogens with zero attached hydrogens (tertiary/aromatic N) is 1. The standard InChI is InChI=1S/C11H10BrFN2S/c1-6-3-9(13)8(12)4-10(6)15-7(2)5-14-11(15)16/h3-5H,1-2H3,(H,14,16). The number of halogens is 2. The first-order chi connectivity index (χ1) is 7.50. The first-order valence-electron chi connectivity index (χ1n) is 4.73. The average Bonchev–Trinajstić information content (AvgIpc) is 2.53. The van der Waals surface area contributed by atoms with Crippen molar-refractivity contribution in [3.05, 3.63) is 44.6 Å². The fourth-order valence-corrected chi connectivity index (χ4v) is 2.26. The largest absolute Gasteiger partial charge is 0.337 e. The Morgan fingerprint density at radius 2 is 2.06 bits per heavy atom. The van der Waals surface area contributed by atoms with Crippen molar-refractivity contribution < 1.29 is 4.39 Å². The molecule has 2 rings (SSSR count). The van der Waals surface area contributed by atoms with Gasteiger partial charge in [0.15, 0.2) is 4.77 Å². The molecule has 1 aromatic carbocycles. The Bertz CT molecular complexity index is 601. The molecule has 84 valence electrons. The van der Waals surface area contributed by atoms with Gasteiger partial charge in [0.1, 0.15) is 5.82 Å². The van der Waals surface area contributed by atoms with Gasteiger partial charge in [-0.2, -0.15) is 0 Å². The molecule has 0 saturated heterocycles. The smallest absolute Gasteiger partial charge is 0.182 e. The number of H-pyrrole nitrogens is 1. The van der Waals surface area contributed by atoms with Gasteiger partial charge in [-0.25, -0.2) is 4.39 Å². The molecule has 0 aliphatic carbocycles. The van der Waals surface area contributed by atoms with Crippen LogP contribution in [0.25, 0.3) is 5.69 Å². The molecular formula is C11H10BrFN2S. The predicted octanol–water partition coefficient (Wildman–Crippen LogP) is 4.05. The summed E-state index contributed by atoms with van der Waals surface area (Å²) in [7, 11) is 0. The molecule has 16 heavy (non-hydrogen) atoms. The van der Waals surface area contributed by atoms with Gasteiger partial charge in [-0.3, -0.25) is 4.57 Å². The molecule has 1 N–H and O–H groups in total. The lowest BCUT2D eigenvalue weighted by atomic mass is 10.2. The highest BCUT2D eigenvalue weighted by molar-refractivity contribution is 9.10. The highest BCUT2D eigenvalue weighted by Gasteiger charge is 2.09. The van der Waals surface area contributed by atoms with Gasteiger partial charge in [-0.15, -0.1) is 0 Å². The van der Waals surface area contributed by atoms with Crippen LogP contribution in [0.15, 0.2) is 22.8 Å². The summed E-state index contributed by atoms with van der Waals surface area (Å²) >= 11 is 8.37. The predicted molar refractivity (Wildman–Crippen MR) is 68.1 cm³/mol. The minimum Gasteiger partial charge on any atom is -0.337 e. The highest BCUT2D eigenvalue weighted by atomic mass is 79.9. The van der Waals surface area contributed by atoms with E-state index < -0.39 is 0 Å². The summed E-state index contributed by atoms with van der Waals surface area (Å²) in [5, 5.41) is 0. The molecular weight excluding hydrogens is 291 g/mol. The third kappa shape index (κ3) is 1.85. The minimum absolute atomic E-state index is 0.263. The number of aryl methyl sites for hydroxylation is 2. The summed E-state index contributed by atoms with van der Waals surface area (Å²) in [6.45, 7) is 3.81. The Labute approximate surface area is 106 Å². The number of aromatic amines is 1. The van der Waals surface area contributed by atoms with Crippen molar-refractivity contribution >= 4 is 28.1 Å². The molecule has 0 fully saturated rings. The third-order valence-electron chi connectivity index (χ3n) is 2.44. The van der Waals surface area contributed by atoms with E-state index in [9.17, 15) is 4.39 Å². The van der Waals surface area contributed by atoms with Crippen LogP contribution < -0.4 is 0 Å². The zero-order chi connectivity index (χ0) is 11.9. The molecule has 5 heteroatoms. The van der Waals surface area contributed by atoms with Gasteiger partial charge in [-0.05, 0) is 59.7 Å². The Hall–Kier alpha value is -0.940. The van der Waals surface area contributed by atoms with Gasteiger partial charge < -0.3 is 4.98 Å². The number of aromatic nitrogens is 2. The van der Waals surface area contributed by atoms with Crippen molar-refractivity contribution in [2.24, 2.45) is 0 Å². The van der Waals surface area contributed by atoms with Crippen molar-refractivity contribution in [1.82, 2.24) is 9.55 Å². The summed E-state index contributed by atoms with van der Waals surface area (Å²) in [5.74, 6) is -0.263. The lowest BCUT2D eigenvalue weighted by Crippen LogP contribution is -2.00. The summed E-state index contributed by atoms with van der Waals surface area (Å²) in [4.78, 5) is 2.97. The summed E-state index contributed by atoms with van der Waals surface area (Å²) < 4.78 is 16.2. The number of nitrogens with one attached hydrogen (secondary N) is 1. The highest BCUT2D eigenvalue weighted by Crippen LogP contribution is 2.24. The van der Waals surface area contributed by atoms with E-state index in [1.807, 2.05) is 24.6 Å². The SMILES string of the molecule is Cc1cc(F)c(Br)cc1-n1c(C)c[nH]c1=S. The fraction of sp³-hybridized carbons (Fsp3) is 0.182. The van der Waals surface area contributed by atoms with E-state index in [-0.39, 0.29) is 5.82 Å². The van der Waals surface area contributed by atoms with Gasteiger partial charge in [0, 0.05) is 11.9 Å². The Morgan fingerprint density at radius 3 is 2.62 bits per heavy atom. The maximum Gasteiger partial charge on any atom is 0.182 e. The maximum absolute atomic E-state index is 13.3. The maximum atomic E-state index is 13.3. The van der Waals surface area contributed by atoms with Crippen molar-refractivity contribution in [2.45, 2.75) is 13.8 Å². The van der Waals surface area contributed by atoms with Crippen LogP contribution in [0.5, 0.6) is 0 Å². The van der Waals surface area contributed by atoms with Gasteiger partial charge in [0.25, 0.3) is 0 Å². The van der Waals surface area contributed by atoms with Crippen LogP contribution in [-0.4, -0.2) is 9.55 Å². The molecule has 2 aromatic rings. The Kier molecular flexibility index (Phi) is 2.99. The topological polar surface area (TPSA) is 20.7 Å². The Balaban J connectivity index is 2.74. The Morgan fingerprint density at radius 1 is 1.38 bits per heavy atom. The van der Waals surface area contributed by atoms with Crippen LogP contribution in [0.3, 0.4) is 0 Å². The second-order valence-corrected chi connectivity index (χ2v) is 4.86. The van der Waals surface area contributed by atoms with E-state index in [1.165, 1.54) is 6.07 Å². The van der Waals surface area contributed by atoms with Crippen LogP contribution in [0.2, 0.25) is 0 Å². The normalized spacial score (nSPS) is 10.8. The monoisotopic (exact) mass is 300 g/mol.